The van der Waals surface area contributed by atoms with Gasteiger partial charge in [-0.15, -0.1) is 12.4 Å². The van der Waals surface area contributed by atoms with Gasteiger partial charge in [0, 0.05) is 19.1 Å². The number of hydrogen-bond acceptors (Lipinski definition) is 3. The van der Waals surface area contributed by atoms with Gasteiger partial charge in [-0.2, -0.15) is 0 Å². The van der Waals surface area contributed by atoms with Gasteiger partial charge in [0.15, 0.2) is 0 Å². The number of carbonyl (C=O) groups excluding carboxylic acids is 2. The minimum absolute atomic E-state index is 0. The van der Waals surface area contributed by atoms with Crippen LogP contribution in [-0.4, -0.2) is 48.4 Å². The molecule has 3 rings (SSSR count). The van der Waals surface area contributed by atoms with Crippen LogP contribution in [-0.2, 0) is 16.0 Å². The van der Waals surface area contributed by atoms with Crippen molar-refractivity contribution in [2.75, 3.05) is 19.6 Å². The first-order valence-electron chi connectivity index (χ1n) is 10.5. The molecule has 0 bridgehead atoms. The second-order valence-corrected chi connectivity index (χ2v) is 8.02. The first kappa shape index (κ1) is 22.7. The highest BCUT2D eigenvalue weighted by Crippen LogP contribution is 2.28. The topological polar surface area (TPSA) is 61.4 Å². The van der Waals surface area contributed by atoms with Gasteiger partial charge in [-0.1, -0.05) is 43.7 Å². The van der Waals surface area contributed by atoms with E-state index in [9.17, 15) is 9.59 Å². The average Bonchev–Trinajstić information content (AvgIpc) is 3.51. The molecular formula is C22H34ClN3O2. The van der Waals surface area contributed by atoms with Crippen molar-refractivity contribution in [1.29, 1.82) is 0 Å². The molecule has 5 nitrogen and oxygen atoms in total. The number of benzene rings is 1. The normalized spacial score (nSPS) is 18.2. The van der Waals surface area contributed by atoms with Crippen LogP contribution in [0.25, 0.3) is 0 Å². The smallest absolute Gasteiger partial charge is 0.245 e. The highest BCUT2D eigenvalue weighted by atomic mass is 35.5. The Hall–Kier alpha value is -1.59. The molecule has 1 saturated heterocycles. The molecule has 28 heavy (non-hydrogen) atoms. The van der Waals surface area contributed by atoms with E-state index in [-0.39, 0.29) is 24.2 Å². The number of likely N-dealkylation sites (tertiary alicyclic amines) is 1. The number of rotatable bonds is 9. The third kappa shape index (κ3) is 7.10. The molecule has 0 radical (unpaired) electrons. The Labute approximate surface area is 175 Å². The molecule has 1 aromatic carbocycles. The molecule has 1 aliphatic carbocycles. The second-order valence-electron chi connectivity index (χ2n) is 8.02. The summed E-state index contributed by atoms with van der Waals surface area (Å²) in [6, 6.07) is 9.81. The Morgan fingerprint density at radius 3 is 2.39 bits per heavy atom. The zero-order valence-electron chi connectivity index (χ0n) is 16.9. The summed E-state index contributed by atoms with van der Waals surface area (Å²) in [5.74, 6) is 0.895. The average molecular weight is 408 g/mol. The maximum atomic E-state index is 12.9. The fourth-order valence-corrected chi connectivity index (χ4v) is 3.75. The Kier molecular flexibility index (Phi) is 9.26. The largest absolute Gasteiger partial charge is 0.344 e. The lowest BCUT2D eigenvalue weighted by Crippen LogP contribution is -2.52. The maximum Gasteiger partial charge on any atom is 0.245 e. The van der Waals surface area contributed by atoms with Crippen molar-refractivity contribution in [2.45, 2.75) is 64.0 Å². The number of nitrogens with zero attached hydrogens (tertiary/aromatic N) is 1. The van der Waals surface area contributed by atoms with E-state index < -0.39 is 6.04 Å². The molecule has 1 atom stereocenters. The van der Waals surface area contributed by atoms with Crippen LogP contribution >= 0.6 is 12.4 Å². The van der Waals surface area contributed by atoms with Crippen LogP contribution in [0.4, 0.5) is 0 Å². The van der Waals surface area contributed by atoms with E-state index in [2.05, 4.69) is 17.6 Å². The predicted molar refractivity (Wildman–Crippen MR) is 115 cm³/mol. The highest BCUT2D eigenvalue weighted by molar-refractivity contribution is 5.88. The molecule has 6 heteroatoms. The number of halogens is 1. The molecule has 1 saturated carbocycles. The van der Waals surface area contributed by atoms with Crippen LogP contribution in [0.15, 0.2) is 30.3 Å². The zero-order valence-corrected chi connectivity index (χ0v) is 17.7. The van der Waals surface area contributed by atoms with Crippen molar-refractivity contribution in [3.05, 3.63) is 35.9 Å². The first-order chi connectivity index (χ1) is 13.2. The summed E-state index contributed by atoms with van der Waals surface area (Å²) in [7, 11) is 0. The van der Waals surface area contributed by atoms with E-state index in [1.54, 1.807) is 0 Å². The summed E-state index contributed by atoms with van der Waals surface area (Å²) in [6.45, 7) is 4.76. The van der Waals surface area contributed by atoms with Gasteiger partial charge in [0.2, 0.25) is 11.8 Å². The standard InChI is InChI=1S/C22H33N3O2.ClH/c1-2-6-20(24-21(26)15-17-7-4-3-5-8-17)22(27)25-13-11-19(12-14-25)23-16-18-9-10-18;/h3-5,7-8,18-20,23H,2,6,9-16H2,1H3,(H,24,26);1H. The predicted octanol–water partition coefficient (Wildman–Crippen LogP) is 2.93. The van der Waals surface area contributed by atoms with Gasteiger partial charge < -0.3 is 15.5 Å². The molecule has 2 aliphatic rings. The molecule has 2 N–H and O–H groups in total. The lowest BCUT2D eigenvalue weighted by atomic mass is 10.0. The third-order valence-corrected chi connectivity index (χ3v) is 5.62. The van der Waals surface area contributed by atoms with E-state index in [1.165, 1.54) is 12.8 Å². The molecule has 0 spiro atoms. The van der Waals surface area contributed by atoms with E-state index in [0.29, 0.717) is 18.9 Å². The summed E-state index contributed by atoms with van der Waals surface area (Å²) >= 11 is 0. The van der Waals surface area contributed by atoms with Gasteiger partial charge in [0.25, 0.3) is 0 Å². The molecule has 1 heterocycles. The van der Waals surface area contributed by atoms with Gasteiger partial charge in [0.05, 0.1) is 6.42 Å². The van der Waals surface area contributed by atoms with E-state index in [4.69, 9.17) is 0 Å². The molecule has 156 valence electrons. The lowest BCUT2D eigenvalue weighted by molar-refractivity contribution is -0.137. The first-order valence-corrected chi connectivity index (χ1v) is 10.5. The van der Waals surface area contributed by atoms with Crippen molar-refractivity contribution in [3.63, 3.8) is 0 Å². The fourth-order valence-electron chi connectivity index (χ4n) is 3.75. The minimum Gasteiger partial charge on any atom is -0.344 e. The molecule has 1 unspecified atom stereocenters. The molecule has 1 aromatic rings. The van der Waals surface area contributed by atoms with E-state index in [0.717, 1.165) is 50.4 Å². The Bertz CT molecular complexity index is 613. The molecule has 2 fully saturated rings. The Morgan fingerprint density at radius 2 is 1.79 bits per heavy atom. The SMILES string of the molecule is CCCC(NC(=O)Cc1ccccc1)C(=O)N1CCC(NCC2CC2)CC1.Cl. The summed E-state index contributed by atoms with van der Waals surface area (Å²) in [6.07, 6.45) is 6.64. The maximum absolute atomic E-state index is 12.9. The van der Waals surface area contributed by atoms with Crippen molar-refractivity contribution < 1.29 is 9.59 Å². The summed E-state index contributed by atoms with van der Waals surface area (Å²) in [4.78, 5) is 27.3. The molecule has 2 amide bonds. The highest BCUT2D eigenvalue weighted by Gasteiger charge is 2.29. The van der Waals surface area contributed by atoms with Crippen LogP contribution in [0.2, 0.25) is 0 Å². The summed E-state index contributed by atoms with van der Waals surface area (Å²) in [5.41, 5.74) is 0.972. The van der Waals surface area contributed by atoms with Crippen molar-refractivity contribution in [2.24, 2.45) is 5.92 Å². The zero-order chi connectivity index (χ0) is 19.1. The lowest BCUT2D eigenvalue weighted by Gasteiger charge is -2.35. The van der Waals surface area contributed by atoms with Gasteiger partial charge in [-0.25, -0.2) is 0 Å². The third-order valence-electron chi connectivity index (χ3n) is 5.62. The number of carbonyl (C=O) groups is 2. The fraction of sp³-hybridized carbons (Fsp3) is 0.636. The van der Waals surface area contributed by atoms with Crippen LogP contribution in [0, 0.1) is 5.92 Å². The minimum atomic E-state index is -0.401. The van der Waals surface area contributed by atoms with E-state index in [1.807, 2.05) is 35.2 Å². The Morgan fingerprint density at radius 1 is 1.11 bits per heavy atom. The number of nitrogens with one attached hydrogen (secondary N) is 2. The van der Waals surface area contributed by atoms with Crippen molar-refractivity contribution in [3.8, 4) is 0 Å². The van der Waals surface area contributed by atoms with Crippen LogP contribution in [0.5, 0.6) is 0 Å². The molecular weight excluding hydrogens is 374 g/mol. The summed E-state index contributed by atoms with van der Waals surface area (Å²) in [5, 5.41) is 6.63. The quantitative estimate of drug-likeness (QED) is 0.661. The van der Waals surface area contributed by atoms with Gasteiger partial charge >= 0.3 is 0 Å². The van der Waals surface area contributed by atoms with Crippen LogP contribution < -0.4 is 10.6 Å². The monoisotopic (exact) mass is 407 g/mol. The number of piperidine rings is 1. The Balaban J connectivity index is 0.00000280. The second kappa shape index (κ2) is 11.4. The van der Waals surface area contributed by atoms with Gasteiger partial charge in [-0.05, 0) is 50.1 Å². The van der Waals surface area contributed by atoms with E-state index >= 15 is 0 Å². The number of amides is 2. The summed E-state index contributed by atoms with van der Waals surface area (Å²) < 4.78 is 0. The van der Waals surface area contributed by atoms with Crippen LogP contribution in [0.3, 0.4) is 0 Å². The van der Waals surface area contributed by atoms with Gasteiger partial charge in [0.1, 0.15) is 6.04 Å². The molecule has 1 aliphatic heterocycles. The van der Waals surface area contributed by atoms with Crippen molar-refractivity contribution in [1.82, 2.24) is 15.5 Å². The van der Waals surface area contributed by atoms with Gasteiger partial charge in [-0.3, -0.25) is 9.59 Å². The number of hydrogen-bond donors (Lipinski definition) is 2. The molecule has 0 aromatic heterocycles. The van der Waals surface area contributed by atoms with Crippen molar-refractivity contribution >= 4 is 24.2 Å². The van der Waals surface area contributed by atoms with Crippen LogP contribution in [0.1, 0.15) is 51.0 Å².